The van der Waals surface area contributed by atoms with E-state index >= 15 is 0 Å². The highest BCUT2D eigenvalue weighted by Gasteiger charge is 2.30. The van der Waals surface area contributed by atoms with Gasteiger partial charge in [-0.15, -0.1) is 0 Å². The van der Waals surface area contributed by atoms with Gasteiger partial charge in [0.25, 0.3) is 0 Å². The molecule has 5 nitrogen and oxygen atoms in total. The zero-order chi connectivity index (χ0) is 10.8. The molecule has 1 heterocycles. The van der Waals surface area contributed by atoms with E-state index in [4.69, 9.17) is 15.9 Å². The summed E-state index contributed by atoms with van der Waals surface area (Å²) < 4.78 is 0. The van der Waals surface area contributed by atoms with E-state index in [1.54, 1.807) is 12.1 Å². The van der Waals surface area contributed by atoms with Crippen LogP contribution in [0.5, 0.6) is 0 Å². The Morgan fingerprint density at radius 2 is 2.29 bits per heavy atom. The molecule has 0 aromatic carbocycles. The van der Waals surface area contributed by atoms with Crippen molar-refractivity contribution in [3.63, 3.8) is 0 Å². The topological polar surface area (TPSA) is 96.4 Å². The highest BCUT2D eigenvalue weighted by atomic mass is 16.4. The van der Waals surface area contributed by atoms with E-state index in [9.17, 15) is 4.79 Å². The summed E-state index contributed by atoms with van der Waals surface area (Å²) in [6, 6.07) is 3.09. The molecule has 1 atom stereocenters. The van der Waals surface area contributed by atoms with Gasteiger partial charge in [-0.05, 0) is 13.0 Å². The number of hydrogen-bond donors (Lipinski definition) is 3. The maximum absolute atomic E-state index is 10.8. The molecule has 1 aromatic rings. The highest BCUT2D eigenvalue weighted by Crippen LogP contribution is 2.16. The monoisotopic (exact) mass is 196 g/mol. The van der Waals surface area contributed by atoms with Crippen molar-refractivity contribution in [2.24, 2.45) is 5.73 Å². The predicted molar refractivity (Wildman–Crippen MR) is 49.3 cm³/mol. The first-order valence-electron chi connectivity index (χ1n) is 4.07. The van der Waals surface area contributed by atoms with Crippen LogP contribution in [0.3, 0.4) is 0 Å². The van der Waals surface area contributed by atoms with Crippen molar-refractivity contribution in [1.82, 2.24) is 4.98 Å². The van der Waals surface area contributed by atoms with Crippen molar-refractivity contribution in [1.29, 1.82) is 0 Å². The number of aliphatic hydroxyl groups excluding tert-OH is 1. The van der Waals surface area contributed by atoms with Crippen LogP contribution in [0.1, 0.15) is 18.2 Å². The van der Waals surface area contributed by atoms with E-state index < -0.39 is 11.5 Å². The molecule has 0 radical (unpaired) electrons. The molecule has 0 aliphatic rings. The summed E-state index contributed by atoms with van der Waals surface area (Å²) in [6.07, 6.45) is 1.36. The van der Waals surface area contributed by atoms with E-state index in [1.165, 1.54) is 13.1 Å². The second-order valence-corrected chi connectivity index (χ2v) is 3.20. The first kappa shape index (κ1) is 10.6. The molecule has 0 amide bonds. The number of aliphatic carboxylic acids is 1. The largest absolute Gasteiger partial charge is 0.480 e. The lowest BCUT2D eigenvalue weighted by atomic mass is 9.95. The molecule has 0 bridgehead atoms. The standard InChI is InChI=1S/C9H12N2O3/c1-9(10,8(13)14)6-2-3-7(5-12)11-4-6/h2-4,12H,5,10H2,1H3,(H,13,14). The second-order valence-electron chi connectivity index (χ2n) is 3.20. The van der Waals surface area contributed by atoms with Gasteiger partial charge in [0, 0.05) is 11.8 Å². The average Bonchev–Trinajstić information content (AvgIpc) is 2.17. The Bertz CT molecular complexity index is 332. The molecule has 0 aliphatic heterocycles. The molecule has 1 rings (SSSR count). The van der Waals surface area contributed by atoms with E-state index in [0.717, 1.165) is 0 Å². The summed E-state index contributed by atoms with van der Waals surface area (Å²) >= 11 is 0. The summed E-state index contributed by atoms with van der Waals surface area (Å²) in [7, 11) is 0. The quantitative estimate of drug-likeness (QED) is 0.623. The Labute approximate surface area is 81.2 Å². The number of aromatic nitrogens is 1. The van der Waals surface area contributed by atoms with Crippen molar-refractivity contribution in [2.75, 3.05) is 0 Å². The van der Waals surface area contributed by atoms with Crippen LogP contribution in [0, 0.1) is 0 Å². The van der Waals surface area contributed by atoms with Crippen LogP contribution in [0.15, 0.2) is 18.3 Å². The molecule has 0 fully saturated rings. The Hall–Kier alpha value is -1.46. The molecule has 0 saturated heterocycles. The molecule has 0 saturated carbocycles. The molecule has 0 aliphatic carbocycles. The molecule has 76 valence electrons. The molecular formula is C9H12N2O3. The summed E-state index contributed by atoms with van der Waals surface area (Å²) in [6.45, 7) is 1.22. The van der Waals surface area contributed by atoms with Gasteiger partial charge in [-0.2, -0.15) is 0 Å². The number of pyridine rings is 1. The van der Waals surface area contributed by atoms with Gasteiger partial charge in [0.1, 0.15) is 5.54 Å². The third kappa shape index (κ3) is 1.89. The van der Waals surface area contributed by atoms with E-state index in [1.807, 2.05) is 0 Å². The third-order valence-corrected chi connectivity index (χ3v) is 2.03. The zero-order valence-corrected chi connectivity index (χ0v) is 7.77. The van der Waals surface area contributed by atoms with Gasteiger partial charge in [-0.1, -0.05) is 6.07 Å². The lowest BCUT2D eigenvalue weighted by Crippen LogP contribution is -2.41. The normalized spacial score (nSPS) is 14.8. The van der Waals surface area contributed by atoms with Crippen LogP contribution in [0.4, 0.5) is 0 Å². The summed E-state index contributed by atoms with van der Waals surface area (Å²) in [4.78, 5) is 14.6. The van der Waals surface area contributed by atoms with Crippen LogP contribution in [0.25, 0.3) is 0 Å². The molecule has 0 spiro atoms. The Morgan fingerprint density at radius 3 is 2.64 bits per heavy atom. The van der Waals surface area contributed by atoms with Gasteiger partial charge in [0.15, 0.2) is 0 Å². The number of nitrogens with zero attached hydrogens (tertiary/aromatic N) is 1. The lowest BCUT2D eigenvalue weighted by molar-refractivity contribution is -0.143. The van der Waals surface area contributed by atoms with Crippen molar-refractivity contribution in [3.8, 4) is 0 Å². The number of carbonyl (C=O) groups is 1. The fourth-order valence-electron chi connectivity index (χ4n) is 0.949. The molecule has 1 aromatic heterocycles. The summed E-state index contributed by atoms with van der Waals surface area (Å²) in [5.74, 6) is -1.11. The van der Waals surface area contributed by atoms with Crippen LogP contribution in [-0.2, 0) is 16.9 Å². The number of rotatable bonds is 3. The van der Waals surface area contributed by atoms with Gasteiger partial charge in [0.2, 0.25) is 0 Å². The third-order valence-electron chi connectivity index (χ3n) is 2.03. The van der Waals surface area contributed by atoms with E-state index in [-0.39, 0.29) is 6.61 Å². The first-order valence-corrected chi connectivity index (χ1v) is 4.07. The minimum Gasteiger partial charge on any atom is -0.480 e. The average molecular weight is 196 g/mol. The van der Waals surface area contributed by atoms with Crippen molar-refractivity contribution < 1.29 is 15.0 Å². The van der Waals surface area contributed by atoms with Crippen LogP contribution in [0.2, 0.25) is 0 Å². The van der Waals surface area contributed by atoms with Crippen LogP contribution in [-0.4, -0.2) is 21.2 Å². The smallest absolute Gasteiger partial charge is 0.328 e. The summed E-state index contributed by atoms with van der Waals surface area (Å²) in [5.41, 5.74) is 5.01. The molecular weight excluding hydrogens is 184 g/mol. The van der Waals surface area contributed by atoms with Gasteiger partial charge in [-0.3, -0.25) is 4.98 Å². The van der Waals surface area contributed by atoms with Gasteiger partial charge in [0.05, 0.1) is 12.3 Å². The highest BCUT2D eigenvalue weighted by molar-refractivity contribution is 5.79. The maximum atomic E-state index is 10.8. The molecule has 5 heteroatoms. The van der Waals surface area contributed by atoms with Gasteiger partial charge >= 0.3 is 5.97 Å². The maximum Gasteiger partial charge on any atom is 0.328 e. The predicted octanol–water partition coefficient (Wildman–Crippen LogP) is -0.168. The Morgan fingerprint density at radius 1 is 1.64 bits per heavy atom. The number of carboxylic acid groups (broad SMARTS) is 1. The van der Waals surface area contributed by atoms with E-state index in [2.05, 4.69) is 4.98 Å². The Kier molecular flexibility index (Phi) is 2.83. The Balaban J connectivity index is 3.02. The molecule has 1 unspecified atom stereocenters. The minimum atomic E-state index is -1.44. The van der Waals surface area contributed by atoms with Crippen molar-refractivity contribution in [3.05, 3.63) is 29.6 Å². The molecule has 4 N–H and O–H groups in total. The number of carboxylic acids is 1. The SMILES string of the molecule is CC(N)(C(=O)O)c1ccc(CO)nc1. The number of aliphatic hydroxyl groups is 1. The summed E-state index contributed by atoms with van der Waals surface area (Å²) in [5, 5.41) is 17.5. The zero-order valence-electron chi connectivity index (χ0n) is 7.77. The van der Waals surface area contributed by atoms with Crippen molar-refractivity contribution >= 4 is 5.97 Å². The van der Waals surface area contributed by atoms with Gasteiger partial charge in [-0.25, -0.2) is 4.79 Å². The van der Waals surface area contributed by atoms with E-state index in [0.29, 0.717) is 11.3 Å². The van der Waals surface area contributed by atoms with Crippen LogP contribution < -0.4 is 5.73 Å². The fourth-order valence-corrected chi connectivity index (χ4v) is 0.949. The molecule has 14 heavy (non-hydrogen) atoms. The fraction of sp³-hybridized carbons (Fsp3) is 0.333. The number of nitrogens with two attached hydrogens (primary N) is 1. The number of hydrogen-bond acceptors (Lipinski definition) is 4. The minimum absolute atomic E-state index is 0.172. The van der Waals surface area contributed by atoms with Gasteiger partial charge < -0.3 is 15.9 Å². The lowest BCUT2D eigenvalue weighted by Gasteiger charge is -2.19. The van der Waals surface area contributed by atoms with Crippen molar-refractivity contribution in [2.45, 2.75) is 19.1 Å². The first-order chi connectivity index (χ1) is 6.48. The van der Waals surface area contributed by atoms with Crippen LogP contribution >= 0.6 is 0 Å². The second kappa shape index (κ2) is 3.73.